The average Bonchev–Trinajstić information content (AvgIpc) is 3.41. The van der Waals surface area contributed by atoms with E-state index in [-0.39, 0.29) is 17.4 Å². The molecule has 3 aromatic rings. The number of amides is 1. The number of benzene rings is 1. The topological polar surface area (TPSA) is 115 Å². The molecule has 9 heteroatoms. The number of likely N-dealkylation sites (N-methyl/N-ethyl adjacent to an activating group) is 1. The lowest BCUT2D eigenvalue weighted by atomic mass is 9.90. The number of carbonyl (C=O) groups excluding carboxylic acids is 1. The molecule has 2 aliphatic rings. The van der Waals surface area contributed by atoms with Crippen LogP contribution in [0.3, 0.4) is 0 Å². The van der Waals surface area contributed by atoms with Gasteiger partial charge in [-0.3, -0.25) is 14.6 Å². The maximum Gasteiger partial charge on any atom is 0.259 e. The highest BCUT2D eigenvalue weighted by atomic mass is 16.2. The molecular formula is C28H35N7O2. The fourth-order valence-electron chi connectivity index (χ4n) is 5.12. The van der Waals surface area contributed by atoms with Gasteiger partial charge in [0, 0.05) is 24.6 Å². The van der Waals surface area contributed by atoms with Crippen LogP contribution in [0.2, 0.25) is 0 Å². The Labute approximate surface area is 216 Å². The van der Waals surface area contributed by atoms with Crippen LogP contribution < -0.4 is 21.5 Å². The number of nitrogens with zero attached hydrogens (tertiary/aromatic N) is 3. The van der Waals surface area contributed by atoms with Crippen molar-refractivity contribution in [2.75, 3.05) is 31.5 Å². The van der Waals surface area contributed by atoms with Crippen LogP contribution in [0.1, 0.15) is 56.7 Å². The van der Waals surface area contributed by atoms with Gasteiger partial charge in [-0.15, -0.1) is 0 Å². The summed E-state index contributed by atoms with van der Waals surface area (Å²) < 4.78 is 0. The molecule has 0 bridgehead atoms. The van der Waals surface area contributed by atoms with Crippen LogP contribution in [-0.2, 0) is 4.79 Å². The quantitative estimate of drug-likeness (QED) is 0.394. The molecule has 194 valence electrons. The van der Waals surface area contributed by atoms with Gasteiger partial charge in [-0.25, -0.2) is 4.98 Å². The first-order valence-corrected chi connectivity index (χ1v) is 13.1. The largest absolute Gasteiger partial charge is 0.354 e. The van der Waals surface area contributed by atoms with E-state index in [1.54, 1.807) is 11.2 Å². The lowest BCUT2D eigenvalue weighted by Gasteiger charge is -2.33. The van der Waals surface area contributed by atoms with Crippen molar-refractivity contribution in [3.63, 3.8) is 0 Å². The average molecular weight is 502 g/mol. The number of pyridine rings is 2. The van der Waals surface area contributed by atoms with Crippen molar-refractivity contribution >= 4 is 34.4 Å². The fourth-order valence-corrected chi connectivity index (χ4v) is 5.12. The summed E-state index contributed by atoms with van der Waals surface area (Å²) in [7, 11) is 0. The molecule has 0 spiro atoms. The van der Waals surface area contributed by atoms with Gasteiger partial charge in [-0.1, -0.05) is 12.1 Å². The molecule has 4 heterocycles. The molecule has 1 saturated heterocycles. The van der Waals surface area contributed by atoms with Crippen LogP contribution in [0.5, 0.6) is 0 Å². The van der Waals surface area contributed by atoms with Gasteiger partial charge in [0.15, 0.2) is 0 Å². The minimum absolute atomic E-state index is 0.0684. The Hall–Kier alpha value is -3.72. The molecule has 0 radical (unpaired) electrons. The molecule has 1 unspecified atom stereocenters. The molecule has 0 saturated carbocycles. The van der Waals surface area contributed by atoms with Gasteiger partial charge in [0.1, 0.15) is 11.4 Å². The van der Waals surface area contributed by atoms with Crippen molar-refractivity contribution < 1.29 is 4.79 Å². The van der Waals surface area contributed by atoms with E-state index >= 15 is 0 Å². The summed E-state index contributed by atoms with van der Waals surface area (Å²) in [6.07, 6.45) is 5.78. The smallest absolute Gasteiger partial charge is 0.259 e. The minimum Gasteiger partial charge on any atom is -0.354 e. The summed E-state index contributed by atoms with van der Waals surface area (Å²) in [5, 5.41) is 17.4. The number of nitrogens with one attached hydrogen (secondary N) is 4. The van der Waals surface area contributed by atoms with Crippen LogP contribution in [0.4, 0.5) is 11.5 Å². The second kappa shape index (κ2) is 10.3. The highest BCUT2D eigenvalue weighted by Gasteiger charge is 2.38. The zero-order chi connectivity index (χ0) is 26.0. The summed E-state index contributed by atoms with van der Waals surface area (Å²) >= 11 is 0. The molecule has 1 fully saturated rings. The Balaban J connectivity index is 1.42. The molecule has 37 heavy (non-hydrogen) atoms. The van der Waals surface area contributed by atoms with Crippen molar-refractivity contribution in [1.29, 1.82) is 0 Å². The normalized spacial score (nSPS) is 18.4. The van der Waals surface area contributed by atoms with Gasteiger partial charge in [0.05, 0.1) is 23.5 Å². The van der Waals surface area contributed by atoms with Crippen molar-refractivity contribution in [2.45, 2.75) is 51.0 Å². The number of hydrogen-bond donors (Lipinski definition) is 4. The van der Waals surface area contributed by atoms with Crippen LogP contribution >= 0.6 is 0 Å². The number of piperidine rings is 1. The predicted molar refractivity (Wildman–Crippen MR) is 148 cm³/mol. The molecule has 5 rings (SSSR count). The first kappa shape index (κ1) is 25.0. The SMILES string of the molecule is CCNC(=O)C(C)(C)N1CC(c2cc3cc[nH]c(=O)c3c(Nc3ccc(C4CCNCC4)cc3)n2)C=N1. The van der Waals surface area contributed by atoms with E-state index in [2.05, 4.69) is 50.3 Å². The highest BCUT2D eigenvalue weighted by molar-refractivity contribution is 5.93. The van der Waals surface area contributed by atoms with Gasteiger partial charge in [0.2, 0.25) is 5.91 Å². The number of anilines is 2. The monoisotopic (exact) mass is 501 g/mol. The third-order valence-corrected chi connectivity index (χ3v) is 7.43. The number of hydrazone groups is 1. The van der Waals surface area contributed by atoms with Crippen molar-refractivity contribution in [1.82, 2.24) is 25.6 Å². The zero-order valence-electron chi connectivity index (χ0n) is 21.7. The number of fused-ring (bicyclic) bond motifs is 1. The number of rotatable bonds is 7. The number of carbonyl (C=O) groups is 1. The lowest BCUT2D eigenvalue weighted by molar-refractivity contribution is -0.131. The summed E-state index contributed by atoms with van der Waals surface area (Å²) in [5.74, 6) is 0.911. The molecule has 1 amide bonds. The Bertz CT molecular complexity index is 1360. The van der Waals surface area contributed by atoms with E-state index < -0.39 is 5.54 Å². The Kier molecular flexibility index (Phi) is 6.97. The molecule has 2 aromatic heterocycles. The molecule has 1 aromatic carbocycles. The number of hydrogen-bond acceptors (Lipinski definition) is 7. The van der Waals surface area contributed by atoms with E-state index in [0.717, 1.165) is 42.7 Å². The Morgan fingerprint density at radius 3 is 2.65 bits per heavy atom. The first-order chi connectivity index (χ1) is 17.9. The lowest BCUT2D eigenvalue weighted by Crippen LogP contribution is -2.52. The van der Waals surface area contributed by atoms with E-state index in [4.69, 9.17) is 4.98 Å². The Morgan fingerprint density at radius 2 is 1.92 bits per heavy atom. The molecular weight excluding hydrogens is 466 g/mol. The van der Waals surface area contributed by atoms with E-state index in [9.17, 15) is 9.59 Å². The van der Waals surface area contributed by atoms with E-state index in [1.165, 1.54) is 5.56 Å². The van der Waals surface area contributed by atoms with Gasteiger partial charge < -0.3 is 20.9 Å². The third-order valence-electron chi connectivity index (χ3n) is 7.43. The van der Waals surface area contributed by atoms with Gasteiger partial charge >= 0.3 is 0 Å². The summed E-state index contributed by atoms with van der Waals surface area (Å²) in [6, 6.07) is 12.3. The van der Waals surface area contributed by atoms with Crippen LogP contribution in [0.15, 0.2) is 52.5 Å². The maximum absolute atomic E-state index is 12.8. The van der Waals surface area contributed by atoms with Gasteiger partial charge in [-0.2, -0.15) is 5.10 Å². The van der Waals surface area contributed by atoms with Gasteiger partial charge in [-0.05, 0) is 87.8 Å². The number of aromatic amines is 1. The maximum atomic E-state index is 12.8. The summed E-state index contributed by atoms with van der Waals surface area (Å²) in [5.41, 5.74) is 2.04. The number of aromatic nitrogens is 2. The van der Waals surface area contributed by atoms with Crippen molar-refractivity contribution in [2.24, 2.45) is 5.10 Å². The molecule has 1 atom stereocenters. The highest BCUT2D eigenvalue weighted by Crippen LogP contribution is 2.31. The Morgan fingerprint density at radius 1 is 1.16 bits per heavy atom. The van der Waals surface area contributed by atoms with Gasteiger partial charge in [0.25, 0.3) is 5.56 Å². The molecule has 9 nitrogen and oxygen atoms in total. The van der Waals surface area contributed by atoms with Crippen molar-refractivity contribution in [3.8, 4) is 0 Å². The summed E-state index contributed by atoms with van der Waals surface area (Å²) in [6.45, 7) is 8.84. The van der Waals surface area contributed by atoms with Crippen LogP contribution in [-0.4, -0.2) is 58.8 Å². The molecule has 4 N–H and O–H groups in total. The predicted octanol–water partition coefficient (Wildman–Crippen LogP) is 3.43. The van der Waals surface area contributed by atoms with E-state index in [1.807, 2.05) is 39.1 Å². The number of H-pyrrole nitrogens is 1. The summed E-state index contributed by atoms with van der Waals surface area (Å²) in [4.78, 5) is 33.0. The molecule has 2 aliphatic heterocycles. The molecule has 0 aliphatic carbocycles. The van der Waals surface area contributed by atoms with Crippen LogP contribution in [0, 0.1) is 0 Å². The second-order valence-corrected chi connectivity index (χ2v) is 10.3. The standard InChI is InChI=1S/C28H35N7O2/c1-4-30-27(37)28(2,3)35-17-21(16-32-35)23-15-20-11-14-31-26(36)24(20)25(34-23)33-22-7-5-18(6-8-22)19-9-12-29-13-10-19/h5-8,11,14-16,19,21,29H,4,9-10,12-13,17H2,1-3H3,(H,30,37)(H,31,36)(H,33,34). The fraction of sp³-hybridized carbons (Fsp3) is 0.429. The van der Waals surface area contributed by atoms with E-state index in [0.29, 0.717) is 30.2 Å². The van der Waals surface area contributed by atoms with Crippen LogP contribution in [0.25, 0.3) is 10.8 Å². The van der Waals surface area contributed by atoms with Crippen molar-refractivity contribution in [3.05, 3.63) is 64.2 Å². The second-order valence-electron chi connectivity index (χ2n) is 10.3. The zero-order valence-corrected chi connectivity index (χ0v) is 21.7. The minimum atomic E-state index is -0.785. The first-order valence-electron chi connectivity index (χ1n) is 13.1. The third kappa shape index (κ3) is 5.09.